The molecule has 0 atom stereocenters. The summed E-state index contributed by atoms with van der Waals surface area (Å²) >= 11 is 0. The zero-order valence-electron chi connectivity index (χ0n) is 14.9. The highest BCUT2D eigenvalue weighted by Crippen LogP contribution is 2.25. The van der Waals surface area contributed by atoms with Gasteiger partial charge in [0.2, 0.25) is 10.0 Å². The fraction of sp³-hybridized carbons (Fsp3) is 0.333. The number of nitrogens with one attached hydrogen (secondary N) is 1. The maximum Gasteiger partial charge on any atom is 0.241 e. The Morgan fingerprint density at radius 3 is 2.31 bits per heavy atom. The summed E-state index contributed by atoms with van der Waals surface area (Å²) in [7, 11) is -0.810. The molecule has 0 aliphatic rings. The van der Waals surface area contributed by atoms with Crippen molar-refractivity contribution in [3.05, 3.63) is 48.0 Å². The van der Waals surface area contributed by atoms with Gasteiger partial charge in [0.1, 0.15) is 17.3 Å². The third kappa shape index (κ3) is 5.62. The quantitative estimate of drug-likeness (QED) is 0.607. The van der Waals surface area contributed by atoms with Crippen molar-refractivity contribution in [1.82, 2.24) is 5.32 Å². The predicted octanol–water partition coefficient (Wildman–Crippen LogP) is 1.56. The molecule has 0 fully saturated rings. The third-order valence-electron chi connectivity index (χ3n) is 3.73. The van der Waals surface area contributed by atoms with Crippen LogP contribution in [0, 0.1) is 0 Å². The zero-order valence-corrected chi connectivity index (χ0v) is 15.7. The van der Waals surface area contributed by atoms with Crippen molar-refractivity contribution < 1.29 is 22.6 Å². The number of sulfonamides is 1. The number of rotatable bonds is 10. The molecule has 26 heavy (non-hydrogen) atoms. The van der Waals surface area contributed by atoms with Crippen LogP contribution in [0.1, 0.15) is 5.56 Å². The summed E-state index contributed by atoms with van der Waals surface area (Å²) in [6.07, 6.45) is 0.654. The molecular weight excluding hydrogens is 356 g/mol. The van der Waals surface area contributed by atoms with Gasteiger partial charge in [0.25, 0.3) is 0 Å². The second-order valence-corrected chi connectivity index (χ2v) is 7.06. The summed E-state index contributed by atoms with van der Waals surface area (Å²) in [6, 6.07) is 12.4. The molecule has 0 aliphatic carbocycles. The van der Waals surface area contributed by atoms with Gasteiger partial charge in [-0.05, 0) is 42.8 Å². The lowest BCUT2D eigenvalue weighted by molar-refractivity contribution is 0.292. The van der Waals surface area contributed by atoms with Crippen LogP contribution in [0.25, 0.3) is 0 Å². The van der Waals surface area contributed by atoms with Gasteiger partial charge in [-0.25, -0.2) is 13.6 Å². The third-order valence-corrected chi connectivity index (χ3v) is 4.66. The standard InChI is InChI=1S/C18H24N2O5S/c1-23-15-5-3-4-6-16(15)25-12-11-20-10-9-14-7-8-17(24-2)18(13-14)26(19,21)22/h3-8,13,20H,9-12H2,1-2H3,(H2,19,21,22). The number of primary sulfonamides is 1. The average molecular weight is 380 g/mol. The average Bonchev–Trinajstić information content (AvgIpc) is 2.64. The summed E-state index contributed by atoms with van der Waals surface area (Å²) in [5.41, 5.74) is 0.855. The van der Waals surface area contributed by atoms with Crippen LogP contribution in [0.3, 0.4) is 0 Å². The molecule has 0 unspecified atom stereocenters. The first-order valence-electron chi connectivity index (χ1n) is 8.12. The Kier molecular flexibility index (Phi) is 7.26. The molecule has 3 N–H and O–H groups in total. The highest BCUT2D eigenvalue weighted by molar-refractivity contribution is 7.89. The van der Waals surface area contributed by atoms with Gasteiger partial charge in [0.15, 0.2) is 11.5 Å². The predicted molar refractivity (Wildman–Crippen MR) is 99.4 cm³/mol. The van der Waals surface area contributed by atoms with E-state index in [2.05, 4.69) is 5.32 Å². The van der Waals surface area contributed by atoms with Gasteiger partial charge in [-0.15, -0.1) is 0 Å². The first-order valence-corrected chi connectivity index (χ1v) is 9.66. The number of hydrogen-bond donors (Lipinski definition) is 2. The fourth-order valence-electron chi connectivity index (χ4n) is 2.43. The molecule has 0 spiro atoms. The lowest BCUT2D eigenvalue weighted by Gasteiger charge is -2.11. The van der Waals surface area contributed by atoms with Crippen LogP contribution in [0.5, 0.6) is 17.2 Å². The van der Waals surface area contributed by atoms with Crippen LogP contribution in [0.4, 0.5) is 0 Å². The van der Waals surface area contributed by atoms with Gasteiger partial charge in [-0.1, -0.05) is 18.2 Å². The van der Waals surface area contributed by atoms with E-state index < -0.39 is 10.0 Å². The molecule has 0 radical (unpaired) electrons. The first-order chi connectivity index (χ1) is 12.5. The van der Waals surface area contributed by atoms with E-state index in [-0.39, 0.29) is 10.6 Å². The number of benzene rings is 2. The minimum Gasteiger partial charge on any atom is -0.495 e. The summed E-state index contributed by atoms with van der Waals surface area (Å²) in [4.78, 5) is -0.00277. The molecular formula is C18H24N2O5S. The molecule has 0 amide bonds. The number of hydrogen-bond acceptors (Lipinski definition) is 6. The molecule has 2 aromatic carbocycles. The van der Waals surface area contributed by atoms with E-state index in [1.807, 2.05) is 30.3 Å². The van der Waals surface area contributed by atoms with E-state index >= 15 is 0 Å². The van der Waals surface area contributed by atoms with Gasteiger partial charge < -0.3 is 19.5 Å². The Morgan fingerprint density at radius 1 is 0.962 bits per heavy atom. The van der Waals surface area contributed by atoms with Crippen LogP contribution in [-0.4, -0.2) is 42.3 Å². The van der Waals surface area contributed by atoms with Gasteiger partial charge in [-0.3, -0.25) is 0 Å². The zero-order chi connectivity index (χ0) is 19.0. The Balaban J connectivity index is 1.80. The number of para-hydroxylation sites is 2. The number of ether oxygens (including phenoxy) is 3. The number of nitrogens with two attached hydrogens (primary N) is 1. The minimum absolute atomic E-state index is 0.00277. The molecule has 0 bridgehead atoms. The van der Waals surface area contributed by atoms with Gasteiger partial charge >= 0.3 is 0 Å². The molecule has 7 nitrogen and oxygen atoms in total. The minimum atomic E-state index is -3.82. The smallest absolute Gasteiger partial charge is 0.241 e. The molecule has 2 aromatic rings. The second kappa shape index (κ2) is 9.42. The SMILES string of the molecule is COc1ccccc1OCCNCCc1ccc(OC)c(S(N)(=O)=O)c1. The van der Waals surface area contributed by atoms with Crippen molar-refractivity contribution in [3.8, 4) is 17.2 Å². The summed E-state index contributed by atoms with van der Waals surface area (Å²) in [6.45, 7) is 1.81. The Bertz CT molecular complexity index is 824. The lowest BCUT2D eigenvalue weighted by Crippen LogP contribution is -2.23. The summed E-state index contributed by atoms with van der Waals surface area (Å²) in [5.74, 6) is 1.64. The highest BCUT2D eigenvalue weighted by atomic mass is 32.2. The normalized spacial score (nSPS) is 11.2. The number of methoxy groups -OCH3 is 2. The molecule has 142 valence electrons. The van der Waals surface area contributed by atoms with Crippen molar-refractivity contribution in [2.45, 2.75) is 11.3 Å². The highest BCUT2D eigenvalue weighted by Gasteiger charge is 2.15. The van der Waals surface area contributed by atoms with Gasteiger partial charge in [0.05, 0.1) is 14.2 Å². The van der Waals surface area contributed by atoms with Crippen molar-refractivity contribution in [3.63, 3.8) is 0 Å². The monoisotopic (exact) mass is 380 g/mol. The van der Waals surface area contributed by atoms with E-state index in [0.29, 0.717) is 37.6 Å². The topological polar surface area (TPSA) is 99.9 Å². The maximum atomic E-state index is 11.6. The largest absolute Gasteiger partial charge is 0.495 e. The summed E-state index contributed by atoms with van der Waals surface area (Å²) in [5, 5.41) is 8.48. The van der Waals surface area contributed by atoms with E-state index in [4.69, 9.17) is 19.3 Å². The van der Waals surface area contributed by atoms with Crippen molar-refractivity contribution >= 4 is 10.0 Å². The van der Waals surface area contributed by atoms with Gasteiger partial charge in [-0.2, -0.15) is 0 Å². The van der Waals surface area contributed by atoms with Crippen LogP contribution < -0.4 is 24.7 Å². The molecule has 0 saturated heterocycles. The van der Waals surface area contributed by atoms with Crippen LogP contribution in [-0.2, 0) is 16.4 Å². The molecule has 2 rings (SSSR count). The van der Waals surface area contributed by atoms with E-state index in [1.165, 1.54) is 7.11 Å². The maximum absolute atomic E-state index is 11.6. The molecule has 0 aliphatic heterocycles. The Hall–Kier alpha value is -2.29. The molecule has 0 aromatic heterocycles. The van der Waals surface area contributed by atoms with E-state index in [0.717, 1.165) is 5.56 Å². The first kappa shape index (κ1) is 20.0. The molecule has 0 saturated carbocycles. The molecule has 0 heterocycles. The van der Waals surface area contributed by atoms with Crippen LogP contribution >= 0.6 is 0 Å². The van der Waals surface area contributed by atoms with Crippen molar-refractivity contribution in [1.29, 1.82) is 0 Å². The summed E-state index contributed by atoms with van der Waals surface area (Å²) < 4.78 is 39.2. The Labute approximate surface area is 154 Å². The van der Waals surface area contributed by atoms with Crippen molar-refractivity contribution in [2.75, 3.05) is 33.9 Å². The Morgan fingerprint density at radius 2 is 1.65 bits per heavy atom. The van der Waals surface area contributed by atoms with E-state index in [1.54, 1.807) is 19.2 Å². The second-order valence-electron chi connectivity index (χ2n) is 5.53. The van der Waals surface area contributed by atoms with Gasteiger partial charge in [0, 0.05) is 6.54 Å². The van der Waals surface area contributed by atoms with E-state index in [9.17, 15) is 8.42 Å². The molecule has 8 heteroatoms. The fourth-order valence-corrected chi connectivity index (χ4v) is 3.18. The lowest BCUT2D eigenvalue weighted by atomic mass is 10.1. The van der Waals surface area contributed by atoms with Crippen LogP contribution in [0.2, 0.25) is 0 Å². The van der Waals surface area contributed by atoms with Crippen molar-refractivity contribution in [2.24, 2.45) is 5.14 Å². The van der Waals surface area contributed by atoms with Crippen LogP contribution in [0.15, 0.2) is 47.4 Å².